The highest BCUT2D eigenvalue weighted by Crippen LogP contribution is 2.23. The molecule has 1 rings (SSSR count). The van der Waals surface area contributed by atoms with Gasteiger partial charge in [-0.25, -0.2) is 0 Å². The number of carbonyl (C=O) groups is 1. The number of rotatable bonds is 5. The van der Waals surface area contributed by atoms with Crippen LogP contribution in [0.2, 0.25) is 0 Å². The number of piperidine rings is 1. The van der Waals surface area contributed by atoms with Crippen LogP contribution in [-0.2, 0) is 4.79 Å². The van der Waals surface area contributed by atoms with Crippen molar-refractivity contribution in [2.45, 2.75) is 52.5 Å². The van der Waals surface area contributed by atoms with Crippen molar-refractivity contribution >= 4 is 5.97 Å². The van der Waals surface area contributed by atoms with Gasteiger partial charge < -0.3 is 10.0 Å². The Morgan fingerprint density at radius 2 is 2.19 bits per heavy atom. The molecule has 0 bridgehead atoms. The Kier molecular flexibility index (Phi) is 5.26. The number of carboxylic acid groups (broad SMARTS) is 1. The maximum atomic E-state index is 10.9. The van der Waals surface area contributed by atoms with Crippen LogP contribution in [0.25, 0.3) is 0 Å². The summed E-state index contributed by atoms with van der Waals surface area (Å²) in [6, 6.07) is 0.432. The Bertz CT molecular complexity index is 228. The molecule has 1 aliphatic heterocycles. The Morgan fingerprint density at radius 3 is 2.69 bits per heavy atom. The summed E-state index contributed by atoms with van der Waals surface area (Å²) < 4.78 is 0. The first-order chi connectivity index (χ1) is 7.50. The zero-order chi connectivity index (χ0) is 12.1. The van der Waals surface area contributed by atoms with E-state index in [-0.39, 0.29) is 5.92 Å². The lowest BCUT2D eigenvalue weighted by molar-refractivity contribution is -0.144. The summed E-state index contributed by atoms with van der Waals surface area (Å²) in [7, 11) is 0. The van der Waals surface area contributed by atoms with Crippen molar-refractivity contribution in [3.8, 4) is 0 Å². The lowest BCUT2D eigenvalue weighted by Crippen LogP contribution is -2.43. The molecule has 1 N–H and O–H groups in total. The van der Waals surface area contributed by atoms with E-state index < -0.39 is 5.97 Å². The number of hydrogen-bond donors (Lipinski definition) is 1. The predicted molar refractivity (Wildman–Crippen MR) is 65.5 cm³/mol. The summed E-state index contributed by atoms with van der Waals surface area (Å²) in [6.45, 7) is 8.74. The third kappa shape index (κ3) is 4.12. The fourth-order valence-corrected chi connectivity index (χ4v) is 2.48. The highest BCUT2D eigenvalue weighted by atomic mass is 16.4. The number of hydrogen-bond acceptors (Lipinski definition) is 2. The molecule has 1 saturated heterocycles. The second kappa shape index (κ2) is 6.24. The molecule has 3 heteroatoms. The maximum absolute atomic E-state index is 10.9. The van der Waals surface area contributed by atoms with Gasteiger partial charge in [0.1, 0.15) is 0 Å². The molecular weight excluding hydrogens is 202 g/mol. The summed E-state index contributed by atoms with van der Waals surface area (Å²) in [5.74, 6) is 0.0388. The Hall–Kier alpha value is -0.570. The van der Waals surface area contributed by atoms with Gasteiger partial charge in [-0.3, -0.25) is 4.79 Å². The molecular formula is C13H25NO2. The van der Waals surface area contributed by atoms with Gasteiger partial charge in [0.2, 0.25) is 0 Å². The molecule has 2 atom stereocenters. The van der Waals surface area contributed by atoms with Crippen molar-refractivity contribution < 1.29 is 9.90 Å². The standard InChI is InChI=1S/C13H25NO2/c1-10(2)5-4-7-14-8-6-12(13(15)16)9-11(14)3/h10-12H,4-9H2,1-3H3,(H,15,16). The fraction of sp³-hybridized carbons (Fsp3) is 0.923. The summed E-state index contributed by atoms with van der Waals surface area (Å²) in [4.78, 5) is 13.3. The monoisotopic (exact) mass is 227 g/mol. The summed E-state index contributed by atoms with van der Waals surface area (Å²) in [6.07, 6.45) is 4.14. The lowest BCUT2D eigenvalue weighted by Gasteiger charge is -2.36. The highest BCUT2D eigenvalue weighted by molar-refractivity contribution is 5.70. The zero-order valence-electron chi connectivity index (χ0n) is 10.8. The molecule has 1 heterocycles. The normalized spacial score (nSPS) is 27.2. The Morgan fingerprint density at radius 1 is 1.50 bits per heavy atom. The molecule has 1 aliphatic rings. The van der Waals surface area contributed by atoms with Gasteiger partial charge in [-0.2, -0.15) is 0 Å². The second-order valence-electron chi connectivity index (χ2n) is 5.48. The van der Waals surface area contributed by atoms with Crippen LogP contribution < -0.4 is 0 Å². The minimum Gasteiger partial charge on any atom is -0.481 e. The minimum atomic E-state index is -0.617. The smallest absolute Gasteiger partial charge is 0.306 e. The number of aliphatic carboxylic acids is 1. The van der Waals surface area contributed by atoms with Crippen LogP contribution >= 0.6 is 0 Å². The molecule has 1 fully saturated rings. The van der Waals surface area contributed by atoms with Crippen molar-refractivity contribution in [3.63, 3.8) is 0 Å². The van der Waals surface area contributed by atoms with E-state index in [0.717, 1.165) is 31.8 Å². The largest absolute Gasteiger partial charge is 0.481 e. The molecule has 0 aromatic heterocycles. The van der Waals surface area contributed by atoms with E-state index in [0.29, 0.717) is 6.04 Å². The van der Waals surface area contributed by atoms with Crippen molar-refractivity contribution in [3.05, 3.63) is 0 Å². The lowest BCUT2D eigenvalue weighted by atomic mass is 9.91. The molecule has 2 unspecified atom stereocenters. The van der Waals surface area contributed by atoms with Crippen LogP contribution in [0.3, 0.4) is 0 Å². The van der Waals surface area contributed by atoms with E-state index >= 15 is 0 Å². The van der Waals surface area contributed by atoms with Crippen LogP contribution in [0.1, 0.15) is 46.5 Å². The average molecular weight is 227 g/mol. The van der Waals surface area contributed by atoms with E-state index in [1.165, 1.54) is 12.8 Å². The van der Waals surface area contributed by atoms with Gasteiger partial charge in [0.15, 0.2) is 0 Å². The fourth-order valence-electron chi connectivity index (χ4n) is 2.48. The summed E-state index contributed by atoms with van der Waals surface area (Å²) >= 11 is 0. The number of likely N-dealkylation sites (tertiary alicyclic amines) is 1. The molecule has 0 aromatic rings. The molecule has 0 saturated carbocycles. The third-order valence-electron chi connectivity index (χ3n) is 3.59. The predicted octanol–water partition coefficient (Wildman–Crippen LogP) is 2.61. The van der Waals surface area contributed by atoms with Crippen molar-refractivity contribution in [1.82, 2.24) is 4.90 Å². The van der Waals surface area contributed by atoms with Crippen LogP contribution in [0.5, 0.6) is 0 Å². The van der Waals surface area contributed by atoms with E-state index in [9.17, 15) is 4.79 Å². The van der Waals surface area contributed by atoms with Crippen LogP contribution in [-0.4, -0.2) is 35.1 Å². The van der Waals surface area contributed by atoms with Gasteiger partial charge >= 0.3 is 5.97 Å². The topological polar surface area (TPSA) is 40.5 Å². The molecule has 0 aromatic carbocycles. The van der Waals surface area contributed by atoms with Gasteiger partial charge in [0.05, 0.1) is 5.92 Å². The maximum Gasteiger partial charge on any atom is 0.306 e. The Balaban J connectivity index is 2.28. The summed E-state index contributed by atoms with van der Waals surface area (Å²) in [5.41, 5.74) is 0. The highest BCUT2D eigenvalue weighted by Gasteiger charge is 2.29. The van der Waals surface area contributed by atoms with Crippen LogP contribution in [0.15, 0.2) is 0 Å². The summed E-state index contributed by atoms with van der Waals surface area (Å²) in [5, 5.41) is 8.97. The van der Waals surface area contributed by atoms with E-state index in [2.05, 4.69) is 25.7 Å². The SMILES string of the molecule is CC(C)CCCN1CCC(C(=O)O)CC1C. The van der Waals surface area contributed by atoms with Crippen molar-refractivity contribution in [2.24, 2.45) is 11.8 Å². The second-order valence-corrected chi connectivity index (χ2v) is 5.48. The van der Waals surface area contributed by atoms with Crippen LogP contribution in [0.4, 0.5) is 0 Å². The molecule has 3 nitrogen and oxygen atoms in total. The number of nitrogens with zero attached hydrogens (tertiary/aromatic N) is 1. The molecule has 0 radical (unpaired) electrons. The molecule has 0 amide bonds. The van der Waals surface area contributed by atoms with Crippen LogP contribution in [0, 0.1) is 11.8 Å². The number of carboxylic acids is 1. The van der Waals surface area contributed by atoms with Gasteiger partial charge in [0, 0.05) is 6.04 Å². The van der Waals surface area contributed by atoms with E-state index in [1.54, 1.807) is 0 Å². The quantitative estimate of drug-likeness (QED) is 0.785. The van der Waals surface area contributed by atoms with Gasteiger partial charge in [0.25, 0.3) is 0 Å². The first-order valence-corrected chi connectivity index (χ1v) is 6.47. The molecule has 0 aliphatic carbocycles. The van der Waals surface area contributed by atoms with E-state index in [1.807, 2.05) is 0 Å². The van der Waals surface area contributed by atoms with Crippen molar-refractivity contribution in [1.29, 1.82) is 0 Å². The van der Waals surface area contributed by atoms with E-state index in [4.69, 9.17) is 5.11 Å². The van der Waals surface area contributed by atoms with Gasteiger partial charge in [-0.1, -0.05) is 13.8 Å². The first-order valence-electron chi connectivity index (χ1n) is 6.47. The van der Waals surface area contributed by atoms with Crippen molar-refractivity contribution in [2.75, 3.05) is 13.1 Å². The molecule has 0 spiro atoms. The van der Waals surface area contributed by atoms with Gasteiger partial charge in [-0.15, -0.1) is 0 Å². The zero-order valence-corrected chi connectivity index (χ0v) is 10.8. The first kappa shape index (κ1) is 13.5. The minimum absolute atomic E-state index is 0.114. The Labute approximate surface area is 98.8 Å². The third-order valence-corrected chi connectivity index (χ3v) is 3.59. The van der Waals surface area contributed by atoms with Gasteiger partial charge in [-0.05, 0) is 51.6 Å². The average Bonchev–Trinajstić information content (AvgIpc) is 2.19. The molecule has 16 heavy (non-hydrogen) atoms. The molecule has 94 valence electrons.